The zero-order chi connectivity index (χ0) is 21.5. The smallest absolute Gasteiger partial charge is 0.304 e. The van der Waals surface area contributed by atoms with Crippen molar-refractivity contribution >= 4 is 5.97 Å². The Labute approximate surface area is 179 Å². The van der Waals surface area contributed by atoms with Crippen LogP contribution in [0.1, 0.15) is 35.1 Å². The van der Waals surface area contributed by atoms with Gasteiger partial charge < -0.3 is 19.3 Å². The van der Waals surface area contributed by atoms with Crippen LogP contribution in [0.4, 0.5) is 4.39 Å². The van der Waals surface area contributed by atoms with Gasteiger partial charge in [0.25, 0.3) is 0 Å². The van der Waals surface area contributed by atoms with Gasteiger partial charge in [0.15, 0.2) is 17.6 Å². The standard InChI is InChI=1S/C25H21FO5/c1-14-7-18(26)5-6-19(14)15-3-2-4-16(8-15)24-13-30-22-10-20-17(9-25(27)28)12-29-21(20)11-23(22)31-24/h2-8,10-11,17,24H,9,12-13H2,1H3,(H,27,28)/t17-,24-/m1/s1. The van der Waals surface area contributed by atoms with E-state index in [4.69, 9.17) is 19.3 Å². The molecule has 2 heterocycles. The van der Waals surface area contributed by atoms with Gasteiger partial charge in [-0.3, -0.25) is 4.79 Å². The Hall–Kier alpha value is -3.54. The molecule has 3 aromatic carbocycles. The van der Waals surface area contributed by atoms with Crippen molar-refractivity contribution in [2.45, 2.75) is 25.4 Å². The Balaban J connectivity index is 1.41. The molecule has 0 saturated carbocycles. The molecule has 0 fully saturated rings. The third kappa shape index (κ3) is 3.69. The number of hydrogen-bond acceptors (Lipinski definition) is 4. The number of benzene rings is 3. The number of carboxylic acids is 1. The molecule has 158 valence electrons. The van der Waals surface area contributed by atoms with Gasteiger partial charge in [-0.1, -0.05) is 24.3 Å². The number of ether oxygens (including phenoxy) is 3. The quantitative estimate of drug-likeness (QED) is 0.623. The zero-order valence-electron chi connectivity index (χ0n) is 16.9. The van der Waals surface area contributed by atoms with Gasteiger partial charge >= 0.3 is 5.97 Å². The van der Waals surface area contributed by atoms with Gasteiger partial charge in [-0.15, -0.1) is 0 Å². The molecule has 2 aliphatic heterocycles. The van der Waals surface area contributed by atoms with E-state index in [2.05, 4.69) is 0 Å². The topological polar surface area (TPSA) is 65.0 Å². The van der Waals surface area contributed by atoms with Gasteiger partial charge in [0.05, 0.1) is 13.0 Å². The molecule has 0 amide bonds. The molecule has 5 nitrogen and oxygen atoms in total. The average Bonchev–Trinajstić information content (AvgIpc) is 3.12. The molecule has 2 atom stereocenters. The molecule has 0 aliphatic carbocycles. The number of rotatable bonds is 4. The number of carbonyl (C=O) groups is 1. The van der Waals surface area contributed by atoms with Crippen molar-refractivity contribution < 1.29 is 28.5 Å². The van der Waals surface area contributed by atoms with E-state index in [0.29, 0.717) is 30.5 Å². The van der Waals surface area contributed by atoms with Crippen molar-refractivity contribution in [2.75, 3.05) is 13.2 Å². The second-order valence-electron chi connectivity index (χ2n) is 7.94. The van der Waals surface area contributed by atoms with Crippen molar-refractivity contribution in [2.24, 2.45) is 0 Å². The lowest BCUT2D eigenvalue weighted by Crippen LogP contribution is -2.21. The molecular weight excluding hydrogens is 399 g/mol. The monoisotopic (exact) mass is 420 g/mol. The zero-order valence-corrected chi connectivity index (χ0v) is 16.9. The fourth-order valence-electron chi connectivity index (χ4n) is 4.24. The Morgan fingerprint density at radius 3 is 2.68 bits per heavy atom. The summed E-state index contributed by atoms with van der Waals surface area (Å²) in [4.78, 5) is 11.1. The molecule has 2 aliphatic rings. The number of fused-ring (bicyclic) bond motifs is 2. The highest BCUT2D eigenvalue weighted by Gasteiger charge is 2.31. The Morgan fingerprint density at radius 1 is 1.03 bits per heavy atom. The molecule has 0 unspecified atom stereocenters. The maximum atomic E-state index is 13.5. The van der Waals surface area contributed by atoms with E-state index in [9.17, 15) is 9.18 Å². The van der Waals surface area contributed by atoms with E-state index in [1.165, 1.54) is 12.1 Å². The Morgan fingerprint density at radius 2 is 1.87 bits per heavy atom. The predicted octanol–water partition coefficient (Wildman–Crippen LogP) is 5.26. The normalized spacial score (nSPS) is 18.9. The number of hydrogen-bond donors (Lipinski definition) is 1. The van der Waals surface area contributed by atoms with E-state index >= 15 is 0 Å². The highest BCUT2D eigenvalue weighted by atomic mass is 19.1. The van der Waals surface area contributed by atoms with Crippen LogP contribution in [0.15, 0.2) is 54.6 Å². The summed E-state index contributed by atoms with van der Waals surface area (Å²) < 4.78 is 31.4. The fraction of sp³-hybridized carbons (Fsp3) is 0.240. The van der Waals surface area contributed by atoms with Crippen LogP contribution in [0, 0.1) is 12.7 Å². The highest BCUT2D eigenvalue weighted by Crippen LogP contribution is 2.46. The molecule has 31 heavy (non-hydrogen) atoms. The van der Waals surface area contributed by atoms with Crippen LogP contribution >= 0.6 is 0 Å². The largest absolute Gasteiger partial charge is 0.492 e. The second kappa shape index (κ2) is 7.61. The van der Waals surface area contributed by atoms with Gasteiger partial charge in [-0.25, -0.2) is 4.39 Å². The summed E-state index contributed by atoms with van der Waals surface area (Å²) in [6.07, 6.45) is -0.285. The lowest BCUT2D eigenvalue weighted by Gasteiger charge is -2.27. The van der Waals surface area contributed by atoms with Crippen molar-refractivity contribution in [3.05, 3.63) is 77.1 Å². The van der Waals surface area contributed by atoms with E-state index < -0.39 is 5.97 Å². The van der Waals surface area contributed by atoms with Crippen LogP contribution in [-0.2, 0) is 4.79 Å². The van der Waals surface area contributed by atoms with Crippen LogP contribution in [0.5, 0.6) is 17.2 Å². The van der Waals surface area contributed by atoms with Crippen LogP contribution in [0.2, 0.25) is 0 Å². The number of carboxylic acid groups (broad SMARTS) is 1. The first kappa shape index (κ1) is 19.4. The van der Waals surface area contributed by atoms with Gasteiger partial charge in [-0.2, -0.15) is 0 Å². The van der Waals surface area contributed by atoms with Gasteiger partial charge in [0.1, 0.15) is 18.2 Å². The molecule has 0 spiro atoms. The van der Waals surface area contributed by atoms with Crippen molar-refractivity contribution in [3.8, 4) is 28.4 Å². The minimum absolute atomic E-state index is 0.0187. The molecule has 1 N–H and O–H groups in total. The van der Waals surface area contributed by atoms with Crippen LogP contribution in [0.25, 0.3) is 11.1 Å². The van der Waals surface area contributed by atoms with Gasteiger partial charge in [-0.05, 0) is 53.4 Å². The van der Waals surface area contributed by atoms with Crippen LogP contribution in [-0.4, -0.2) is 24.3 Å². The fourth-order valence-corrected chi connectivity index (χ4v) is 4.24. The third-order valence-electron chi connectivity index (χ3n) is 5.79. The SMILES string of the molecule is Cc1cc(F)ccc1-c1cccc([C@H]2COc3cc4c(cc3O2)OC[C@H]4CC(=O)O)c1. The minimum atomic E-state index is -0.854. The summed E-state index contributed by atoms with van der Waals surface area (Å²) in [6, 6.07) is 16.3. The van der Waals surface area contributed by atoms with Crippen molar-refractivity contribution in [3.63, 3.8) is 0 Å². The molecule has 0 radical (unpaired) electrons. The summed E-state index contributed by atoms with van der Waals surface area (Å²) >= 11 is 0. The average molecular weight is 420 g/mol. The Kier molecular flexibility index (Phi) is 4.77. The summed E-state index contributed by atoms with van der Waals surface area (Å²) in [5.74, 6) is 0.529. The van der Waals surface area contributed by atoms with E-state index in [0.717, 1.165) is 27.8 Å². The summed E-state index contributed by atoms with van der Waals surface area (Å²) in [6.45, 7) is 2.56. The maximum Gasteiger partial charge on any atom is 0.304 e. The van der Waals surface area contributed by atoms with Crippen LogP contribution < -0.4 is 14.2 Å². The molecular formula is C25H21FO5. The van der Waals surface area contributed by atoms with Crippen molar-refractivity contribution in [1.29, 1.82) is 0 Å². The van der Waals surface area contributed by atoms with Gasteiger partial charge in [0, 0.05) is 17.5 Å². The Bertz CT molecular complexity index is 1170. The first-order valence-corrected chi connectivity index (χ1v) is 10.2. The van der Waals surface area contributed by atoms with Crippen LogP contribution in [0.3, 0.4) is 0 Å². The molecule has 5 rings (SSSR count). The van der Waals surface area contributed by atoms with E-state index in [1.54, 1.807) is 12.1 Å². The molecule has 0 bridgehead atoms. The summed E-state index contributed by atoms with van der Waals surface area (Å²) in [5, 5.41) is 9.10. The predicted molar refractivity (Wildman–Crippen MR) is 112 cm³/mol. The number of aryl methyl sites for hydroxylation is 1. The number of aliphatic carboxylic acids is 1. The van der Waals surface area contributed by atoms with E-state index in [1.807, 2.05) is 37.3 Å². The molecule has 0 saturated heterocycles. The van der Waals surface area contributed by atoms with E-state index in [-0.39, 0.29) is 24.3 Å². The molecule has 6 heteroatoms. The number of halogens is 1. The minimum Gasteiger partial charge on any atom is -0.492 e. The first-order valence-electron chi connectivity index (χ1n) is 10.2. The van der Waals surface area contributed by atoms with Crippen molar-refractivity contribution in [1.82, 2.24) is 0 Å². The molecule has 3 aromatic rings. The maximum absolute atomic E-state index is 13.5. The highest BCUT2D eigenvalue weighted by molar-refractivity contribution is 5.69. The third-order valence-corrected chi connectivity index (χ3v) is 5.79. The lowest BCUT2D eigenvalue weighted by atomic mass is 9.96. The summed E-state index contributed by atoms with van der Waals surface area (Å²) in [7, 11) is 0. The molecule has 0 aromatic heterocycles. The lowest BCUT2D eigenvalue weighted by molar-refractivity contribution is -0.137. The second-order valence-corrected chi connectivity index (χ2v) is 7.94. The summed E-state index contributed by atoms with van der Waals surface area (Å²) in [5.41, 5.74) is 4.62. The van der Waals surface area contributed by atoms with Gasteiger partial charge in [0.2, 0.25) is 0 Å². The first-order chi connectivity index (χ1) is 15.0.